The Morgan fingerprint density at radius 2 is 2.00 bits per heavy atom. The first-order valence-corrected chi connectivity index (χ1v) is 5.42. The monoisotopic (exact) mass is 237 g/mol. The molecule has 0 bridgehead atoms. The van der Waals surface area contributed by atoms with Gasteiger partial charge in [0.15, 0.2) is 5.76 Å². The number of hydrogen-bond donors (Lipinski definition) is 1. The van der Waals surface area contributed by atoms with Gasteiger partial charge in [-0.25, -0.2) is 0 Å². The second-order valence-corrected chi connectivity index (χ2v) is 4.29. The Hall–Kier alpha value is -1.48. The van der Waals surface area contributed by atoms with Crippen LogP contribution in [0.15, 0.2) is 28.8 Å². The van der Waals surface area contributed by atoms with Crippen LogP contribution in [0.5, 0.6) is 5.88 Å². The molecule has 0 saturated heterocycles. The van der Waals surface area contributed by atoms with E-state index in [0.29, 0.717) is 16.3 Å². The molecule has 0 spiro atoms. The van der Waals surface area contributed by atoms with Gasteiger partial charge >= 0.3 is 0 Å². The lowest BCUT2D eigenvalue weighted by Crippen LogP contribution is -1.89. The van der Waals surface area contributed by atoms with Crippen molar-refractivity contribution in [3.05, 3.63) is 34.9 Å². The van der Waals surface area contributed by atoms with E-state index < -0.39 is 0 Å². The molecule has 84 valence electrons. The number of aromatic hydroxyl groups is 1. The summed E-state index contributed by atoms with van der Waals surface area (Å²) in [6.45, 7) is 3.93. The van der Waals surface area contributed by atoms with Gasteiger partial charge in [-0.3, -0.25) is 0 Å². The number of halogens is 1. The molecule has 0 fully saturated rings. The van der Waals surface area contributed by atoms with Crippen LogP contribution >= 0.6 is 11.6 Å². The summed E-state index contributed by atoms with van der Waals surface area (Å²) in [4.78, 5) is 0. The summed E-state index contributed by atoms with van der Waals surface area (Å²) < 4.78 is 5.14. The first-order chi connectivity index (χ1) is 7.61. The second kappa shape index (κ2) is 4.18. The molecule has 16 heavy (non-hydrogen) atoms. The lowest BCUT2D eigenvalue weighted by atomic mass is 10.00. The molecule has 4 heteroatoms. The van der Waals surface area contributed by atoms with Gasteiger partial charge in [0, 0.05) is 5.56 Å². The fourth-order valence-electron chi connectivity index (χ4n) is 1.65. The second-order valence-electron chi connectivity index (χ2n) is 3.88. The van der Waals surface area contributed by atoms with Crippen molar-refractivity contribution in [2.24, 2.45) is 0 Å². The first kappa shape index (κ1) is 11.0. The van der Waals surface area contributed by atoms with Crippen molar-refractivity contribution in [3.63, 3.8) is 0 Å². The Morgan fingerprint density at radius 3 is 2.62 bits per heavy atom. The van der Waals surface area contributed by atoms with E-state index in [0.717, 1.165) is 5.56 Å². The van der Waals surface area contributed by atoms with Crippen LogP contribution in [0, 0.1) is 0 Å². The molecule has 2 aromatic rings. The predicted molar refractivity (Wildman–Crippen MR) is 62.7 cm³/mol. The highest BCUT2D eigenvalue weighted by Crippen LogP contribution is 2.38. The smallest absolute Gasteiger partial charge is 0.255 e. The highest BCUT2D eigenvalue weighted by atomic mass is 35.5. The van der Waals surface area contributed by atoms with Gasteiger partial charge in [-0.1, -0.05) is 37.6 Å². The molecule has 1 aromatic carbocycles. The maximum absolute atomic E-state index is 9.61. The van der Waals surface area contributed by atoms with E-state index in [4.69, 9.17) is 16.1 Å². The fourth-order valence-corrected chi connectivity index (χ4v) is 1.87. The zero-order valence-corrected chi connectivity index (χ0v) is 9.82. The summed E-state index contributed by atoms with van der Waals surface area (Å²) in [5, 5.41) is 13.8. The molecule has 3 nitrogen and oxygen atoms in total. The number of aromatic nitrogens is 1. The molecule has 0 radical (unpaired) electrons. The van der Waals surface area contributed by atoms with Crippen LogP contribution in [0.25, 0.3) is 11.3 Å². The van der Waals surface area contributed by atoms with Crippen molar-refractivity contribution in [2.45, 2.75) is 19.8 Å². The molecule has 0 aliphatic heterocycles. The van der Waals surface area contributed by atoms with Gasteiger partial charge in [-0.2, -0.15) is 0 Å². The summed E-state index contributed by atoms with van der Waals surface area (Å²) in [6.07, 6.45) is 0. The van der Waals surface area contributed by atoms with Gasteiger partial charge < -0.3 is 9.63 Å². The molecule has 0 amide bonds. The Labute approximate surface area is 98.6 Å². The van der Waals surface area contributed by atoms with Crippen LogP contribution < -0.4 is 0 Å². The van der Waals surface area contributed by atoms with Gasteiger partial charge in [-0.15, -0.1) is 0 Å². The summed E-state index contributed by atoms with van der Waals surface area (Å²) in [5.74, 6) is 0.598. The highest BCUT2D eigenvalue weighted by molar-refractivity contribution is 6.33. The van der Waals surface area contributed by atoms with Crippen LogP contribution in [0.3, 0.4) is 0 Å². The maximum atomic E-state index is 9.61. The van der Waals surface area contributed by atoms with E-state index in [-0.39, 0.29) is 11.8 Å². The summed E-state index contributed by atoms with van der Waals surface area (Å²) >= 11 is 6.08. The quantitative estimate of drug-likeness (QED) is 0.864. The number of hydrogen-bond acceptors (Lipinski definition) is 3. The number of nitrogens with zero attached hydrogens (tertiary/aromatic N) is 1. The minimum absolute atomic E-state index is 0.0649. The Kier molecular flexibility index (Phi) is 2.88. The minimum Gasteiger partial charge on any atom is -0.491 e. The third kappa shape index (κ3) is 1.78. The summed E-state index contributed by atoms with van der Waals surface area (Å²) in [6, 6.07) is 7.33. The van der Waals surface area contributed by atoms with Crippen molar-refractivity contribution in [1.82, 2.24) is 5.16 Å². The van der Waals surface area contributed by atoms with Crippen LogP contribution in [-0.2, 0) is 0 Å². The van der Waals surface area contributed by atoms with E-state index in [2.05, 4.69) is 5.16 Å². The van der Waals surface area contributed by atoms with Crippen molar-refractivity contribution < 1.29 is 9.63 Å². The third-order valence-electron chi connectivity index (χ3n) is 2.40. The Morgan fingerprint density at radius 1 is 1.31 bits per heavy atom. The van der Waals surface area contributed by atoms with E-state index in [1.54, 1.807) is 6.07 Å². The standard InChI is InChI=1S/C12H12ClNO2/c1-7(2)10-11(16-14-12(10)15)8-5-3-4-6-9(8)13/h3-7H,1-2H3,(H,14,15). The summed E-state index contributed by atoms with van der Waals surface area (Å²) in [7, 11) is 0. The lowest BCUT2D eigenvalue weighted by molar-refractivity contribution is 0.364. The Balaban J connectivity index is 2.61. The molecule has 2 rings (SSSR count). The molecule has 1 aromatic heterocycles. The topological polar surface area (TPSA) is 46.3 Å². The number of rotatable bonds is 2. The predicted octanol–water partition coefficient (Wildman–Crippen LogP) is 3.82. The van der Waals surface area contributed by atoms with Gasteiger partial charge in [-0.05, 0) is 23.2 Å². The molecule has 1 heterocycles. The molecule has 0 saturated carbocycles. The van der Waals surface area contributed by atoms with E-state index in [1.165, 1.54) is 0 Å². The normalized spacial score (nSPS) is 11.0. The van der Waals surface area contributed by atoms with Crippen molar-refractivity contribution >= 4 is 11.6 Å². The highest BCUT2D eigenvalue weighted by Gasteiger charge is 2.21. The molecular formula is C12H12ClNO2. The molecule has 0 aliphatic rings. The molecule has 1 N–H and O–H groups in total. The van der Waals surface area contributed by atoms with Gasteiger partial charge in [0.2, 0.25) is 0 Å². The van der Waals surface area contributed by atoms with E-state index in [1.807, 2.05) is 32.0 Å². The first-order valence-electron chi connectivity index (χ1n) is 5.04. The van der Waals surface area contributed by atoms with Crippen LogP contribution in [0.2, 0.25) is 5.02 Å². The Bertz CT molecular complexity index is 505. The summed E-state index contributed by atoms with van der Waals surface area (Å²) in [5.41, 5.74) is 1.44. The lowest BCUT2D eigenvalue weighted by Gasteiger charge is -2.05. The van der Waals surface area contributed by atoms with Gasteiger partial charge in [0.1, 0.15) is 0 Å². The molecule has 0 aliphatic carbocycles. The SMILES string of the molecule is CC(C)c1c(O)noc1-c1ccccc1Cl. The zero-order valence-electron chi connectivity index (χ0n) is 9.07. The van der Waals surface area contributed by atoms with Crippen molar-refractivity contribution in [3.8, 4) is 17.2 Å². The van der Waals surface area contributed by atoms with E-state index in [9.17, 15) is 5.11 Å². The average Bonchev–Trinajstić information content (AvgIpc) is 2.61. The molecular weight excluding hydrogens is 226 g/mol. The van der Waals surface area contributed by atoms with Gasteiger partial charge in [0.05, 0.1) is 10.6 Å². The molecule has 0 unspecified atom stereocenters. The fraction of sp³-hybridized carbons (Fsp3) is 0.250. The average molecular weight is 238 g/mol. The molecule has 0 atom stereocenters. The number of benzene rings is 1. The zero-order chi connectivity index (χ0) is 11.7. The van der Waals surface area contributed by atoms with Crippen LogP contribution in [0.1, 0.15) is 25.3 Å². The van der Waals surface area contributed by atoms with Crippen LogP contribution in [-0.4, -0.2) is 10.3 Å². The third-order valence-corrected chi connectivity index (χ3v) is 2.73. The minimum atomic E-state index is -0.0649. The van der Waals surface area contributed by atoms with Gasteiger partial charge in [0.25, 0.3) is 5.88 Å². The largest absolute Gasteiger partial charge is 0.491 e. The van der Waals surface area contributed by atoms with E-state index >= 15 is 0 Å². The maximum Gasteiger partial charge on any atom is 0.255 e. The van der Waals surface area contributed by atoms with Crippen molar-refractivity contribution in [2.75, 3.05) is 0 Å². The van der Waals surface area contributed by atoms with Crippen molar-refractivity contribution in [1.29, 1.82) is 0 Å². The van der Waals surface area contributed by atoms with Crippen LogP contribution in [0.4, 0.5) is 0 Å².